The number of hydrogen-bond acceptors (Lipinski definition) is 5. The van der Waals surface area contributed by atoms with E-state index in [0.717, 1.165) is 36.6 Å². The van der Waals surface area contributed by atoms with Crippen LogP contribution < -0.4 is 14.8 Å². The van der Waals surface area contributed by atoms with E-state index >= 15 is 0 Å². The Hall–Kier alpha value is -1.79. The Balaban J connectivity index is 1.44. The van der Waals surface area contributed by atoms with Crippen LogP contribution in [0.5, 0.6) is 11.5 Å². The van der Waals surface area contributed by atoms with Crippen LogP contribution in [0, 0.1) is 0 Å². The number of amides is 1. The SMILES string of the molecule is COc1ccc2c(c1)OCC2CC(=O)NCCN1CC[C@@H](O)C1. The first-order valence-electron chi connectivity index (χ1n) is 8.13. The van der Waals surface area contributed by atoms with Crippen molar-refractivity contribution in [2.24, 2.45) is 0 Å². The number of nitrogens with one attached hydrogen (secondary N) is 1. The normalized spacial score (nSPS) is 23.4. The number of likely N-dealkylation sites (tertiary alicyclic amines) is 1. The monoisotopic (exact) mass is 320 g/mol. The maximum Gasteiger partial charge on any atom is 0.220 e. The Kier molecular flexibility index (Phi) is 5.03. The van der Waals surface area contributed by atoms with Crippen molar-refractivity contribution in [2.75, 3.05) is 39.9 Å². The average molecular weight is 320 g/mol. The first-order valence-corrected chi connectivity index (χ1v) is 8.13. The molecule has 1 aromatic rings. The quantitative estimate of drug-likeness (QED) is 0.809. The maximum atomic E-state index is 12.1. The zero-order valence-corrected chi connectivity index (χ0v) is 13.5. The highest BCUT2D eigenvalue weighted by Crippen LogP contribution is 2.38. The van der Waals surface area contributed by atoms with E-state index in [1.165, 1.54) is 0 Å². The molecule has 0 radical (unpaired) electrons. The van der Waals surface area contributed by atoms with Gasteiger partial charge in [-0.2, -0.15) is 0 Å². The zero-order valence-electron chi connectivity index (χ0n) is 13.5. The molecule has 2 aliphatic rings. The van der Waals surface area contributed by atoms with Gasteiger partial charge in [0.15, 0.2) is 0 Å². The van der Waals surface area contributed by atoms with E-state index in [4.69, 9.17) is 9.47 Å². The van der Waals surface area contributed by atoms with Gasteiger partial charge in [0.05, 0.1) is 19.8 Å². The predicted octanol–water partition coefficient (Wildman–Crippen LogP) is 0.744. The van der Waals surface area contributed by atoms with Crippen molar-refractivity contribution >= 4 is 5.91 Å². The van der Waals surface area contributed by atoms with Crippen molar-refractivity contribution in [3.8, 4) is 11.5 Å². The Morgan fingerprint density at radius 3 is 3.13 bits per heavy atom. The summed E-state index contributed by atoms with van der Waals surface area (Å²) < 4.78 is 10.8. The molecule has 6 heteroatoms. The summed E-state index contributed by atoms with van der Waals surface area (Å²) in [7, 11) is 1.63. The lowest BCUT2D eigenvalue weighted by molar-refractivity contribution is -0.121. The molecule has 126 valence electrons. The van der Waals surface area contributed by atoms with Crippen LogP contribution >= 0.6 is 0 Å². The first kappa shape index (κ1) is 16.1. The molecule has 2 N–H and O–H groups in total. The van der Waals surface area contributed by atoms with Crippen LogP contribution in [0.1, 0.15) is 24.3 Å². The number of carbonyl (C=O) groups is 1. The summed E-state index contributed by atoms with van der Waals surface area (Å²) in [6.07, 6.45) is 1.05. The van der Waals surface area contributed by atoms with Gasteiger partial charge in [-0.15, -0.1) is 0 Å². The molecule has 0 aliphatic carbocycles. The molecular weight excluding hydrogens is 296 g/mol. The first-order chi connectivity index (χ1) is 11.2. The largest absolute Gasteiger partial charge is 0.497 e. The van der Waals surface area contributed by atoms with Gasteiger partial charge in [-0.25, -0.2) is 0 Å². The van der Waals surface area contributed by atoms with E-state index in [1.54, 1.807) is 7.11 Å². The minimum absolute atomic E-state index is 0.0435. The molecule has 0 aromatic heterocycles. The van der Waals surface area contributed by atoms with Gasteiger partial charge < -0.3 is 19.9 Å². The molecule has 0 spiro atoms. The number of β-amino-alcohol motifs (C(OH)–C–C–N with tert-alkyl or cyclic N) is 1. The van der Waals surface area contributed by atoms with Gasteiger partial charge in [-0.1, -0.05) is 6.07 Å². The lowest BCUT2D eigenvalue weighted by atomic mass is 9.97. The molecule has 1 unspecified atom stereocenters. The lowest BCUT2D eigenvalue weighted by Crippen LogP contribution is -2.34. The van der Waals surface area contributed by atoms with Gasteiger partial charge in [0, 0.05) is 50.1 Å². The minimum atomic E-state index is -0.213. The van der Waals surface area contributed by atoms with Gasteiger partial charge in [0.1, 0.15) is 11.5 Å². The number of rotatable bonds is 6. The number of nitrogens with zero attached hydrogens (tertiary/aromatic N) is 1. The summed E-state index contributed by atoms with van der Waals surface area (Å²) in [6.45, 7) is 3.56. The lowest BCUT2D eigenvalue weighted by Gasteiger charge is -2.15. The van der Waals surface area contributed by atoms with Crippen LogP contribution in [0.15, 0.2) is 18.2 Å². The molecule has 6 nitrogen and oxygen atoms in total. The minimum Gasteiger partial charge on any atom is -0.497 e. The van der Waals surface area contributed by atoms with Gasteiger partial charge in [0.25, 0.3) is 0 Å². The maximum absolute atomic E-state index is 12.1. The van der Waals surface area contributed by atoms with Crippen molar-refractivity contribution in [3.63, 3.8) is 0 Å². The van der Waals surface area contributed by atoms with E-state index < -0.39 is 0 Å². The fraction of sp³-hybridized carbons (Fsp3) is 0.588. The predicted molar refractivity (Wildman–Crippen MR) is 85.9 cm³/mol. The summed E-state index contributed by atoms with van der Waals surface area (Å²) >= 11 is 0. The number of ether oxygens (including phenoxy) is 2. The number of aliphatic hydroxyl groups excluding tert-OH is 1. The molecule has 1 saturated heterocycles. The number of fused-ring (bicyclic) bond motifs is 1. The average Bonchev–Trinajstić information content (AvgIpc) is 3.13. The second-order valence-electron chi connectivity index (χ2n) is 6.21. The molecule has 23 heavy (non-hydrogen) atoms. The number of carbonyl (C=O) groups excluding carboxylic acids is 1. The van der Waals surface area contributed by atoms with Gasteiger partial charge in [0.2, 0.25) is 5.91 Å². The van der Waals surface area contributed by atoms with E-state index in [-0.39, 0.29) is 17.9 Å². The highest BCUT2D eigenvalue weighted by atomic mass is 16.5. The van der Waals surface area contributed by atoms with Crippen molar-refractivity contribution in [2.45, 2.75) is 24.9 Å². The third-order valence-corrected chi connectivity index (χ3v) is 4.53. The van der Waals surface area contributed by atoms with Gasteiger partial charge in [-0.3, -0.25) is 9.69 Å². The second-order valence-corrected chi connectivity index (χ2v) is 6.21. The molecular formula is C17H24N2O4. The van der Waals surface area contributed by atoms with E-state index in [2.05, 4.69) is 10.2 Å². The third kappa shape index (κ3) is 3.95. The Bertz CT molecular complexity index is 564. The van der Waals surface area contributed by atoms with Gasteiger partial charge in [-0.05, 0) is 12.5 Å². The molecule has 1 amide bonds. The standard InChI is InChI=1S/C17H24N2O4/c1-22-14-2-3-15-12(11-23-16(15)9-14)8-17(21)18-5-7-19-6-4-13(20)10-19/h2-3,9,12-13,20H,4-8,10-11H2,1H3,(H,18,21)/t12?,13-/m1/s1. The van der Waals surface area contributed by atoms with E-state index in [0.29, 0.717) is 26.1 Å². The molecule has 1 fully saturated rings. The zero-order chi connectivity index (χ0) is 16.2. The van der Waals surface area contributed by atoms with Crippen molar-refractivity contribution < 1.29 is 19.4 Å². The summed E-state index contributed by atoms with van der Waals surface area (Å²) in [4.78, 5) is 14.3. The van der Waals surface area contributed by atoms with Crippen LogP contribution in [-0.2, 0) is 4.79 Å². The second kappa shape index (κ2) is 7.19. The molecule has 2 heterocycles. The smallest absolute Gasteiger partial charge is 0.220 e. The fourth-order valence-corrected chi connectivity index (χ4v) is 3.22. The van der Waals surface area contributed by atoms with Crippen LogP contribution in [0.2, 0.25) is 0 Å². The summed E-state index contributed by atoms with van der Waals surface area (Å²) in [5, 5.41) is 12.4. The van der Waals surface area contributed by atoms with Gasteiger partial charge >= 0.3 is 0 Å². The van der Waals surface area contributed by atoms with Crippen LogP contribution in [-0.4, -0.2) is 61.9 Å². The van der Waals surface area contributed by atoms with Crippen molar-refractivity contribution in [1.29, 1.82) is 0 Å². The third-order valence-electron chi connectivity index (χ3n) is 4.53. The number of methoxy groups -OCH3 is 1. The van der Waals surface area contributed by atoms with Crippen molar-refractivity contribution in [3.05, 3.63) is 23.8 Å². The Morgan fingerprint density at radius 2 is 2.39 bits per heavy atom. The Morgan fingerprint density at radius 1 is 1.52 bits per heavy atom. The number of aliphatic hydroxyl groups is 1. The van der Waals surface area contributed by atoms with Crippen molar-refractivity contribution in [1.82, 2.24) is 10.2 Å². The summed E-state index contributed by atoms with van der Waals surface area (Å²) in [6, 6.07) is 5.74. The van der Waals surface area contributed by atoms with Crippen LogP contribution in [0.4, 0.5) is 0 Å². The summed E-state index contributed by atoms with van der Waals surface area (Å²) in [5.74, 6) is 1.72. The van der Waals surface area contributed by atoms with E-state index in [9.17, 15) is 9.90 Å². The number of benzene rings is 1. The van der Waals surface area contributed by atoms with E-state index in [1.807, 2.05) is 18.2 Å². The van der Waals surface area contributed by atoms with Crippen LogP contribution in [0.25, 0.3) is 0 Å². The fourth-order valence-electron chi connectivity index (χ4n) is 3.22. The number of hydrogen-bond donors (Lipinski definition) is 2. The Labute approximate surface area is 136 Å². The molecule has 0 bridgehead atoms. The molecule has 2 atom stereocenters. The molecule has 1 aromatic carbocycles. The molecule has 0 saturated carbocycles. The highest BCUT2D eigenvalue weighted by molar-refractivity contribution is 5.77. The van der Waals surface area contributed by atoms with Crippen LogP contribution in [0.3, 0.4) is 0 Å². The molecule has 3 rings (SSSR count). The topological polar surface area (TPSA) is 71.0 Å². The highest BCUT2D eigenvalue weighted by Gasteiger charge is 2.27. The molecule has 2 aliphatic heterocycles. The summed E-state index contributed by atoms with van der Waals surface area (Å²) in [5.41, 5.74) is 1.07.